The van der Waals surface area contributed by atoms with Crippen molar-refractivity contribution in [3.63, 3.8) is 0 Å². The van der Waals surface area contributed by atoms with Gasteiger partial charge in [-0.2, -0.15) is 5.10 Å². The SMILES string of the molecule is Cc1c(C(=O)N(C)C2CCN(C)CC2)cnn1-c1ccc(Cl)cc1. The number of piperidine rings is 1. The highest BCUT2D eigenvalue weighted by Crippen LogP contribution is 2.20. The molecule has 2 aromatic rings. The molecule has 1 aliphatic heterocycles. The lowest BCUT2D eigenvalue weighted by Crippen LogP contribution is -2.44. The third-order valence-corrected chi connectivity index (χ3v) is 5.12. The van der Waals surface area contributed by atoms with Crippen molar-refractivity contribution in [3.05, 3.63) is 46.7 Å². The number of carbonyl (C=O) groups excluding carboxylic acids is 1. The summed E-state index contributed by atoms with van der Waals surface area (Å²) in [4.78, 5) is 17.1. The molecule has 1 saturated heterocycles. The van der Waals surface area contributed by atoms with Gasteiger partial charge in [-0.3, -0.25) is 4.79 Å². The molecule has 1 aromatic carbocycles. The molecule has 0 bridgehead atoms. The quantitative estimate of drug-likeness (QED) is 0.858. The van der Waals surface area contributed by atoms with Crippen LogP contribution in [-0.4, -0.2) is 58.7 Å². The van der Waals surface area contributed by atoms with Gasteiger partial charge in [0.05, 0.1) is 23.1 Å². The number of likely N-dealkylation sites (tertiary alicyclic amines) is 1. The molecule has 1 aromatic heterocycles. The number of benzene rings is 1. The molecule has 0 N–H and O–H groups in total. The number of hydrogen-bond donors (Lipinski definition) is 0. The molecule has 0 aliphatic carbocycles. The summed E-state index contributed by atoms with van der Waals surface area (Å²) in [5.74, 6) is 0.0438. The largest absolute Gasteiger partial charge is 0.339 e. The minimum Gasteiger partial charge on any atom is -0.339 e. The van der Waals surface area contributed by atoms with Crippen molar-refractivity contribution in [2.45, 2.75) is 25.8 Å². The Bertz CT molecular complexity index is 717. The molecule has 6 heteroatoms. The summed E-state index contributed by atoms with van der Waals surface area (Å²) in [5.41, 5.74) is 2.41. The number of hydrogen-bond acceptors (Lipinski definition) is 3. The molecule has 0 unspecified atom stereocenters. The minimum absolute atomic E-state index is 0.0438. The minimum atomic E-state index is 0.0438. The highest BCUT2D eigenvalue weighted by atomic mass is 35.5. The first-order chi connectivity index (χ1) is 11.5. The van der Waals surface area contributed by atoms with Crippen LogP contribution in [0.5, 0.6) is 0 Å². The van der Waals surface area contributed by atoms with Crippen LogP contribution in [0.15, 0.2) is 30.5 Å². The van der Waals surface area contributed by atoms with Crippen LogP contribution in [0.25, 0.3) is 5.69 Å². The summed E-state index contributed by atoms with van der Waals surface area (Å²) >= 11 is 5.94. The topological polar surface area (TPSA) is 41.4 Å². The average molecular weight is 347 g/mol. The van der Waals surface area contributed by atoms with Crippen LogP contribution >= 0.6 is 11.6 Å². The van der Waals surface area contributed by atoms with Gasteiger partial charge < -0.3 is 9.80 Å². The summed E-state index contributed by atoms with van der Waals surface area (Å²) in [7, 11) is 4.02. The smallest absolute Gasteiger partial charge is 0.257 e. The zero-order valence-corrected chi connectivity index (χ0v) is 15.1. The van der Waals surface area contributed by atoms with E-state index in [2.05, 4.69) is 17.0 Å². The van der Waals surface area contributed by atoms with Gasteiger partial charge in [0.25, 0.3) is 5.91 Å². The van der Waals surface area contributed by atoms with Crippen molar-refractivity contribution in [1.29, 1.82) is 0 Å². The van der Waals surface area contributed by atoms with Gasteiger partial charge in [0.15, 0.2) is 0 Å². The Hall–Kier alpha value is -1.85. The van der Waals surface area contributed by atoms with Crippen LogP contribution in [0.1, 0.15) is 28.9 Å². The molecule has 0 radical (unpaired) electrons. The molecule has 0 atom stereocenters. The van der Waals surface area contributed by atoms with Crippen LogP contribution in [0.4, 0.5) is 0 Å². The molecule has 1 aliphatic rings. The highest BCUT2D eigenvalue weighted by Gasteiger charge is 2.26. The van der Waals surface area contributed by atoms with E-state index < -0.39 is 0 Å². The maximum atomic E-state index is 12.9. The van der Waals surface area contributed by atoms with Gasteiger partial charge in [-0.15, -0.1) is 0 Å². The van der Waals surface area contributed by atoms with Crippen LogP contribution in [-0.2, 0) is 0 Å². The Balaban J connectivity index is 1.79. The number of rotatable bonds is 3. The van der Waals surface area contributed by atoms with E-state index >= 15 is 0 Å². The standard InChI is InChI=1S/C18H23ClN4O/c1-13-17(12-20-23(13)16-6-4-14(19)5-7-16)18(24)22(3)15-8-10-21(2)11-9-15/h4-7,12,15H,8-11H2,1-3H3. The normalized spacial score (nSPS) is 16.3. The Kier molecular flexibility index (Phi) is 4.92. The third-order valence-electron chi connectivity index (χ3n) is 4.87. The molecule has 1 amide bonds. The van der Waals surface area contributed by atoms with E-state index in [1.54, 1.807) is 10.9 Å². The second kappa shape index (κ2) is 6.95. The molecule has 1 fully saturated rings. The lowest BCUT2D eigenvalue weighted by molar-refractivity contribution is 0.0659. The average Bonchev–Trinajstić information content (AvgIpc) is 2.96. The first-order valence-electron chi connectivity index (χ1n) is 8.23. The molecule has 0 saturated carbocycles. The molecule has 128 valence electrons. The van der Waals surface area contributed by atoms with Gasteiger partial charge in [0, 0.05) is 18.1 Å². The first-order valence-corrected chi connectivity index (χ1v) is 8.61. The lowest BCUT2D eigenvalue weighted by Gasteiger charge is -2.35. The highest BCUT2D eigenvalue weighted by molar-refractivity contribution is 6.30. The zero-order chi connectivity index (χ0) is 17.3. The zero-order valence-electron chi connectivity index (χ0n) is 14.4. The maximum absolute atomic E-state index is 12.9. The third kappa shape index (κ3) is 3.32. The number of amides is 1. The fraction of sp³-hybridized carbons (Fsp3) is 0.444. The number of nitrogens with zero attached hydrogens (tertiary/aromatic N) is 4. The van der Waals surface area contributed by atoms with Crippen molar-refractivity contribution in [2.24, 2.45) is 0 Å². The lowest BCUT2D eigenvalue weighted by atomic mass is 10.0. The molecule has 2 heterocycles. The van der Waals surface area contributed by atoms with E-state index in [1.165, 1.54) is 0 Å². The summed E-state index contributed by atoms with van der Waals surface area (Å²) < 4.78 is 1.78. The first kappa shape index (κ1) is 17.0. The van der Waals surface area contributed by atoms with E-state index in [0.29, 0.717) is 16.6 Å². The van der Waals surface area contributed by atoms with Gasteiger partial charge in [-0.05, 0) is 64.2 Å². The van der Waals surface area contributed by atoms with Crippen LogP contribution < -0.4 is 0 Å². The van der Waals surface area contributed by atoms with E-state index in [4.69, 9.17) is 11.6 Å². The van der Waals surface area contributed by atoms with E-state index in [0.717, 1.165) is 37.3 Å². The van der Waals surface area contributed by atoms with Gasteiger partial charge in [0.1, 0.15) is 0 Å². The fourth-order valence-corrected chi connectivity index (χ4v) is 3.33. The Morgan fingerprint density at radius 2 is 1.88 bits per heavy atom. The van der Waals surface area contributed by atoms with Gasteiger partial charge >= 0.3 is 0 Å². The van der Waals surface area contributed by atoms with E-state index in [9.17, 15) is 4.79 Å². The van der Waals surface area contributed by atoms with Gasteiger partial charge in [-0.25, -0.2) is 4.68 Å². The molecular formula is C18H23ClN4O. The summed E-state index contributed by atoms with van der Waals surface area (Å²) in [6.45, 7) is 3.99. The second-order valence-corrected chi connectivity index (χ2v) is 6.92. The number of aromatic nitrogens is 2. The van der Waals surface area contributed by atoms with Crippen LogP contribution in [0.3, 0.4) is 0 Å². The maximum Gasteiger partial charge on any atom is 0.257 e. The summed E-state index contributed by atoms with van der Waals surface area (Å²) in [6.07, 6.45) is 3.70. The van der Waals surface area contributed by atoms with Crippen molar-refractivity contribution in [3.8, 4) is 5.69 Å². The van der Waals surface area contributed by atoms with Gasteiger partial charge in [-0.1, -0.05) is 11.6 Å². The van der Waals surface area contributed by atoms with Crippen molar-refractivity contribution < 1.29 is 4.79 Å². The van der Waals surface area contributed by atoms with E-state index in [1.807, 2.05) is 43.1 Å². The van der Waals surface area contributed by atoms with Crippen LogP contribution in [0, 0.1) is 6.92 Å². The predicted molar refractivity (Wildman–Crippen MR) is 95.9 cm³/mol. The van der Waals surface area contributed by atoms with Gasteiger partial charge in [0.2, 0.25) is 0 Å². The van der Waals surface area contributed by atoms with Crippen molar-refractivity contribution in [1.82, 2.24) is 19.6 Å². The molecular weight excluding hydrogens is 324 g/mol. The van der Waals surface area contributed by atoms with E-state index in [-0.39, 0.29) is 5.91 Å². The molecule has 24 heavy (non-hydrogen) atoms. The predicted octanol–water partition coefficient (Wildman–Crippen LogP) is 3.00. The fourth-order valence-electron chi connectivity index (χ4n) is 3.20. The molecule has 5 nitrogen and oxygen atoms in total. The summed E-state index contributed by atoms with van der Waals surface area (Å²) in [5, 5.41) is 5.08. The Morgan fingerprint density at radius 3 is 2.50 bits per heavy atom. The summed E-state index contributed by atoms with van der Waals surface area (Å²) in [6, 6.07) is 7.75. The Labute approximate surface area is 147 Å². The number of carbonyl (C=O) groups is 1. The van der Waals surface area contributed by atoms with Crippen molar-refractivity contribution >= 4 is 17.5 Å². The second-order valence-electron chi connectivity index (χ2n) is 6.48. The Morgan fingerprint density at radius 1 is 1.25 bits per heavy atom. The van der Waals surface area contributed by atoms with Crippen LogP contribution in [0.2, 0.25) is 5.02 Å². The molecule has 3 rings (SSSR count). The number of halogens is 1. The monoisotopic (exact) mass is 346 g/mol. The molecule has 0 spiro atoms. The van der Waals surface area contributed by atoms with Crippen molar-refractivity contribution in [2.75, 3.05) is 27.2 Å².